The van der Waals surface area contributed by atoms with Gasteiger partial charge in [0.05, 0.1) is 12.2 Å². The molecule has 0 saturated carbocycles. The van der Waals surface area contributed by atoms with Gasteiger partial charge in [0.2, 0.25) is 0 Å². The van der Waals surface area contributed by atoms with Crippen LogP contribution in [0.1, 0.15) is 20.3 Å². The van der Waals surface area contributed by atoms with Gasteiger partial charge in [-0.2, -0.15) is 0 Å². The molecule has 0 aliphatic carbocycles. The van der Waals surface area contributed by atoms with Crippen LogP contribution in [-0.2, 0) is 4.74 Å². The fraction of sp³-hybridized carbons (Fsp3) is 0.857. The van der Waals surface area contributed by atoms with E-state index < -0.39 is 0 Å². The summed E-state index contributed by atoms with van der Waals surface area (Å²) < 4.78 is 5.16. The van der Waals surface area contributed by atoms with Crippen LogP contribution in [0, 0.1) is 12.8 Å². The van der Waals surface area contributed by atoms with Crippen molar-refractivity contribution in [3.8, 4) is 0 Å². The number of hydrogen-bond acceptors (Lipinski definition) is 1. The lowest BCUT2D eigenvalue weighted by Gasteiger charge is -1.99. The molecule has 0 aromatic rings. The minimum absolute atomic E-state index is 0.296. The molecule has 47 valence electrons. The highest BCUT2D eigenvalue weighted by Crippen LogP contribution is 2.29. The van der Waals surface area contributed by atoms with Gasteiger partial charge < -0.3 is 4.74 Å². The summed E-state index contributed by atoms with van der Waals surface area (Å²) in [6.07, 6.45) is 1.97. The largest absolute Gasteiger partial charge is 0.369 e. The smallest absolute Gasteiger partial charge is 0.0867 e. The van der Waals surface area contributed by atoms with Crippen molar-refractivity contribution in [2.45, 2.75) is 32.5 Å². The van der Waals surface area contributed by atoms with Crippen molar-refractivity contribution < 1.29 is 4.74 Å². The first-order valence-electron chi connectivity index (χ1n) is 3.24. The summed E-state index contributed by atoms with van der Waals surface area (Å²) in [5.74, 6) is 0.706. The van der Waals surface area contributed by atoms with Gasteiger partial charge in [0.25, 0.3) is 0 Å². The fourth-order valence-electron chi connectivity index (χ4n) is 0.889. The standard InChI is InChI=1S/C7H13O/c1-4-5(2)7-6(3)8-7/h5-7H,3-4H2,1-2H3. The number of ether oxygens (including phenoxy) is 1. The third-order valence-corrected chi connectivity index (χ3v) is 1.83. The Balaban J connectivity index is 2.18. The summed E-state index contributed by atoms with van der Waals surface area (Å²) in [5.41, 5.74) is 0. The highest BCUT2D eigenvalue weighted by Gasteiger charge is 2.37. The predicted molar refractivity (Wildman–Crippen MR) is 33.5 cm³/mol. The molecule has 8 heavy (non-hydrogen) atoms. The van der Waals surface area contributed by atoms with Crippen molar-refractivity contribution in [2.75, 3.05) is 0 Å². The average molecular weight is 113 g/mol. The summed E-state index contributed by atoms with van der Waals surface area (Å²) in [5, 5.41) is 0. The van der Waals surface area contributed by atoms with Crippen molar-refractivity contribution in [3.63, 3.8) is 0 Å². The van der Waals surface area contributed by atoms with E-state index in [9.17, 15) is 0 Å². The van der Waals surface area contributed by atoms with E-state index in [0.29, 0.717) is 18.1 Å². The number of rotatable bonds is 2. The van der Waals surface area contributed by atoms with Gasteiger partial charge in [-0.15, -0.1) is 0 Å². The topological polar surface area (TPSA) is 12.5 Å². The van der Waals surface area contributed by atoms with Crippen LogP contribution in [0.5, 0.6) is 0 Å². The van der Waals surface area contributed by atoms with E-state index in [4.69, 9.17) is 4.74 Å². The second-order valence-corrected chi connectivity index (χ2v) is 2.52. The summed E-state index contributed by atoms with van der Waals surface area (Å²) in [6.45, 7) is 8.16. The quantitative estimate of drug-likeness (QED) is 0.496. The van der Waals surface area contributed by atoms with Crippen LogP contribution in [0.3, 0.4) is 0 Å². The fourth-order valence-corrected chi connectivity index (χ4v) is 0.889. The molecular weight excluding hydrogens is 100 g/mol. The molecule has 1 saturated heterocycles. The molecule has 0 bridgehead atoms. The first-order valence-corrected chi connectivity index (χ1v) is 3.24. The summed E-state index contributed by atoms with van der Waals surface area (Å²) in [6, 6.07) is 0. The molecule has 0 N–H and O–H groups in total. The Kier molecular flexibility index (Phi) is 1.57. The molecule has 1 aliphatic heterocycles. The van der Waals surface area contributed by atoms with Gasteiger partial charge >= 0.3 is 0 Å². The van der Waals surface area contributed by atoms with Gasteiger partial charge in [-0.05, 0) is 12.8 Å². The molecule has 0 aromatic heterocycles. The van der Waals surface area contributed by atoms with E-state index in [0.717, 1.165) is 0 Å². The second kappa shape index (κ2) is 2.06. The highest BCUT2D eigenvalue weighted by atomic mass is 16.6. The molecule has 1 fully saturated rings. The second-order valence-electron chi connectivity index (χ2n) is 2.52. The minimum atomic E-state index is 0.296. The lowest BCUT2D eigenvalue weighted by atomic mass is 10.0. The first-order chi connectivity index (χ1) is 3.75. The Labute approximate surface area is 51.0 Å². The lowest BCUT2D eigenvalue weighted by Crippen LogP contribution is -2.02. The van der Waals surface area contributed by atoms with Crippen LogP contribution >= 0.6 is 0 Å². The SMILES string of the molecule is [CH2]C1OC1C(C)CC. The third kappa shape index (κ3) is 1.03. The van der Waals surface area contributed by atoms with E-state index in [2.05, 4.69) is 20.8 Å². The van der Waals surface area contributed by atoms with E-state index in [1.54, 1.807) is 0 Å². The Morgan fingerprint density at radius 2 is 2.25 bits per heavy atom. The Bertz CT molecular complexity index is 78.5. The molecule has 3 unspecified atom stereocenters. The predicted octanol–water partition coefficient (Wildman–Crippen LogP) is 1.63. The molecule has 1 rings (SSSR count). The van der Waals surface area contributed by atoms with Crippen LogP contribution in [0.4, 0.5) is 0 Å². The zero-order chi connectivity index (χ0) is 6.15. The summed E-state index contributed by atoms with van der Waals surface area (Å²) in [4.78, 5) is 0. The molecule has 1 nitrogen and oxygen atoms in total. The maximum Gasteiger partial charge on any atom is 0.0867 e. The monoisotopic (exact) mass is 113 g/mol. The molecule has 3 atom stereocenters. The maximum absolute atomic E-state index is 5.16. The van der Waals surface area contributed by atoms with Gasteiger partial charge in [-0.1, -0.05) is 20.3 Å². The van der Waals surface area contributed by atoms with Crippen molar-refractivity contribution in [1.82, 2.24) is 0 Å². The molecule has 1 heteroatoms. The molecular formula is C7H13O. The highest BCUT2D eigenvalue weighted by molar-refractivity contribution is 4.89. The first kappa shape index (κ1) is 6.09. The van der Waals surface area contributed by atoms with Crippen molar-refractivity contribution in [1.29, 1.82) is 0 Å². The zero-order valence-electron chi connectivity index (χ0n) is 5.55. The van der Waals surface area contributed by atoms with Crippen LogP contribution < -0.4 is 0 Å². The van der Waals surface area contributed by atoms with Crippen molar-refractivity contribution >= 4 is 0 Å². The molecule has 0 spiro atoms. The molecule has 0 aromatic carbocycles. The number of hydrogen-bond donors (Lipinski definition) is 0. The van der Waals surface area contributed by atoms with Gasteiger partial charge in [-0.3, -0.25) is 0 Å². The normalized spacial score (nSPS) is 39.4. The summed E-state index contributed by atoms with van der Waals surface area (Å²) in [7, 11) is 0. The average Bonchev–Trinajstić information content (AvgIpc) is 2.45. The van der Waals surface area contributed by atoms with Crippen LogP contribution in [0.15, 0.2) is 0 Å². The van der Waals surface area contributed by atoms with E-state index >= 15 is 0 Å². The lowest BCUT2D eigenvalue weighted by molar-refractivity contribution is 0.329. The Morgan fingerprint density at radius 3 is 2.38 bits per heavy atom. The van der Waals surface area contributed by atoms with Gasteiger partial charge in [0.1, 0.15) is 0 Å². The third-order valence-electron chi connectivity index (χ3n) is 1.83. The van der Waals surface area contributed by atoms with Crippen molar-refractivity contribution in [3.05, 3.63) is 6.92 Å². The molecule has 1 radical (unpaired) electrons. The molecule has 0 amide bonds. The van der Waals surface area contributed by atoms with Crippen LogP contribution in [-0.4, -0.2) is 12.2 Å². The Hall–Kier alpha value is -0.0400. The molecule has 1 heterocycles. The van der Waals surface area contributed by atoms with Crippen LogP contribution in [0.25, 0.3) is 0 Å². The van der Waals surface area contributed by atoms with Crippen LogP contribution in [0.2, 0.25) is 0 Å². The Morgan fingerprint density at radius 1 is 1.75 bits per heavy atom. The van der Waals surface area contributed by atoms with Gasteiger partial charge in [0.15, 0.2) is 0 Å². The van der Waals surface area contributed by atoms with E-state index in [1.165, 1.54) is 6.42 Å². The summed E-state index contributed by atoms with van der Waals surface area (Å²) >= 11 is 0. The minimum Gasteiger partial charge on any atom is -0.369 e. The molecule has 1 aliphatic rings. The van der Waals surface area contributed by atoms with E-state index in [1.807, 2.05) is 0 Å². The number of epoxide rings is 1. The van der Waals surface area contributed by atoms with Crippen molar-refractivity contribution in [2.24, 2.45) is 5.92 Å². The van der Waals surface area contributed by atoms with E-state index in [-0.39, 0.29) is 0 Å². The van der Waals surface area contributed by atoms with Gasteiger partial charge in [-0.25, -0.2) is 0 Å². The maximum atomic E-state index is 5.16. The zero-order valence-corrected chi connectivity index (χ0v) is 5.55. The van der Waals surface area contributed by atoms with Gasteiger partial charge in [0, 0.05) is 0 Å².